The van der Waals surface area contributed by atoms with Gasteiger partial charge in [-0.2, -0.15) is 4.98 Å². The molecular formula is C18H18ClFN4O2. The fourth-order valence-corrected chi connectivity index (χ4v) is 2.73. The van der Waals surface area contributed by atoms with Crippen LogP contribution in [0.4, 0.5) is 4.39 Å². The number of nitrogens with zero attached hydrogens (tertiary/aromatic N) is 3. The van der Waals surface area contributed by atoms with Gasteiger partial charge in [0.05, 0.1) is 6.04 Å². The molecule has 1 aliphatic heterocycles. The molecule has 26 heavy (non-hydrogen) atoms. The van der Waals surface area contributed by atoms with E-state index in [9.17, 15) is 4.39 Å². The summed E-state index contributed by atoms with van der Waals surface area (Å²) in [6, 6.07) is 11.1. The van der Waals surface area contributed by atoms with Crippen LogP contribution < -0.4 is 10.1 Å². The number of ether oxygens (including phenoxy) is 1. The predicted molar refractivity (Wildman–Crippen MR) is 95.8 cm³/mol. The van der Waals surface area contributed by atoms with Crippen molar-refractivity contribution in [2.24, 2.45) is 0 Å². The molecule has 0 bridgehead atoms. The van der Waals surface area contributed by atoms with Crippen LogP contribution in [0.2, 0.25) is 0 Å². The first kappa shape index (κ1) is 18.3. The molecule has 0 amide bonds. The highest BCUT2D eigenvalue weighted by atomic mass is 35.5. The lowest BCUT2D eigenvalue weighted by atomic mass is 10.2. The zero-order chi connectivity index (χ0) is 17.1. The number of hydrogen-bond acceptors (Lipinski definition) is 6. The van der Waals surface area contributed by atoms with Crippen molar-refractivity contribution in [2.45, 2.75) is 25.2 Å². The number of nitrogens with one attached hydrogen (secondary N) is 1. The van der Waals surface area contributed by atoms with E-state index in [0.29, 0.717) is 31.3 Å². The smallest absolute Gasteiger partial charge is 0.244 e. The molecule has 1 aliphatic rings. The Labute approximate surface area is 156 Å². The van der Waals surface area contributed by atoms with Crippen molar-refractivity contribution in [2.75, 3.05) is 6.54 Å². The molecule has 1 aromatic carbocycles. The number of rotatable bonds is 5. The zero-order valence-corrected chi connectivity index (χ0v) is 14.7. The Morgan fingerprint density at radius 3 is 2.77 bits per heavy atom. The monoisotopic (exact) mass is 376 g/mol. The molecule has 0 saturated carbocycles. The largest absolute Gasteiger partial charge is 0.489 e. The first-order valence-electron chi connectivity index (χ1n) is 8.11. The fraction of sp³-hybridized carbons (Fsp3) is 0.278. The van der Waals surface area contributed by atoms with Gasteiger partial charge in [0.15, 0.2) is 0 Å². The summed E-state index contributed by atoms with van der Waals surface area (Å²) in [5, 5.41) is 7.01. The second-order valence-electron chi connectivity index (χ2n) is 5.92. The van der Waals surface area contributed by atoms with E-state index in [4.69, 9.17) is 9.26 Å². The fourth-order valence-electron chi connectivity index (χ4n) is 2.73. The van der Waals surface area contributed by atoms with Crippen molar-refractivity contribution in [1.29, 1.82) is 0 Å². The topological polar surface area (TPSA) is 73.1 Å². The number of halogens is 2. The van der Waals surface area contributed by atoms with Crippen LogP contribution in [0.25, 0.3) is 11.4 Å². The van der Waals surface area contributed by atoms with Gasteiger partial charge in [-0.15, -0.1) is 12.4 Å². The van der Waals surface area contributed by atoms with Gasteiger partial charge in [0, 0.05) is 36.5 Å². The molecule has 2 aromatic heterocycles. The third kappa shape index (κ3) is 4.17. The molecule has 3 aromatic rings. The third-order valence-corrected chi connectivity index (χ3v) is 4.06. The number of hydrogen-bond donors (Lipinski definition) is 1. The van der Waals surface area contributed by atoms with E-state index < -0.39 is 6.17 Å². The molecule has 0 unspecified atom stereocenters. The first-order valence-corrected chi connectivity index (χ1v) is 8.11. The molecule has 6 nitrogen and oxygen atoms in total. The number of benzene rings is 1. The highest BCUT2D eigenvalue weighted by Crippen LogP contribution is 2.26. The summed E-state index contributed by atoms with van der Waals surface area (Å²) < 4.78 is 24.2. The van der Waals surface area contributed by atoms with Crippen molar-refractivity contribution < 1.29 is 13.7 Å². The molecule has 8 heteroatoms. The highest BCUT2D eigenvalue weighted by Gasteiger charge is 2.29. The maximum atomic E-state index is 13.3. The van der Waals surface area contributed by atoms with Gasteiger partial charge in [0.2, 0.25) is 11.7 Å². The van der Waals surface area contributed by atoms with Crippen LogP contribution in [0, 0.1) is 0 Å². The van der Waals surface area contributed by atoms with E-state index in [2.05, 4.69) is 20.4 Å². The van der Waals surface area contributed by atoms with Gasteiger partial charge < -0.3 is 14.6 Å². The van der Waals surface area contributed by atoms with E-state index in [-0.39, 0.29) is 18.4 Å². The Morgan fingerprint density at radius 1 is 1.23 bits per heavy atom. The van der Waals surface area contributed by atoms with E-state index >= 15 is 0 Å². The minimum absolute atomic E-state index is 0. The lowest BCUT2D eigenvalue weighted by molar-refractivity contribution is 0.306. The second kappa shape index (κ2) is 8.25. The van der Waals surface area contributed by atoms with E-state index in [0.717, 1.165) is 16.9 Å². The summed E-state index contributed by atoms with van der Waals surface area (Å²) in [4.78, 5) is 8.42. The quantitative estimate of drug-likeness (QED) is 0.734. The predicted octanol–water partition coefficient (Wildman–Crippen LogP) is 3.50. The van der Waals surface area contributed by atoms with Crippen molar-refractivity contribution in [1.82, 2.24) is 20.4 Å². The standard InChI is InChI=1S/C18H17FN4O2.ClH/c19-14-8-16(21-10-14)18-22-17(23-25-18)13-3-5-15(6-4-13)24-11-12-2-1-7-20-9-12;/h1-7,9,14,16,21H,8,10-11H2;1H/t14-,16+;/m0./s1. The van der Waals surface area contributed by atoms with Crippen LogP contribution in [-0.4, -0.2) is 27.8 Å². The molecule has 1 saturated heterocycles. The van der Waals surface area contributed by atoms with Gasteiger partial charge >= 0.3 is 0 Å². The molecule has 1 N–H and O–H groups in total. The van der Waals surface area contributed by atoms with Gasteiger partial charge in [-0.05, 0) is 30.3 Å². The van der Waals surface area contributed by atoms with Gasteiger partial charge in [-0.1, -0.05) is 11.2 Å². The summed E-state index contributed by atoms with van der Waals surface area (Å²) in [6.45, 7) is 0.780. The van der Waals surface area contributed by atoms with Crippen LogP contribution in [0.15, 0.2) is 53.3 Å². The number of alkyl halides is 1. The van der Waals surface area contributed by atoms with Crippen LogP contribution in [-0.2, 0) is 6.61 Å². The second-order valence-corrected chi connectivity index (χ2v) is 5.92. The summed E-state index contributed by atoms with van der Waals surface area (Å²) in [5.74, 6) is 1.65. The minimum Gasteiger partial charge on any atom is -0.489 e. The summed E-state index contributed by atoms with van der Waals surface area (Å²) in [6.07, 6.45) is 3.00. The Kier molecular flexibility index (Phi) is 5.80. The molecule has 1 fully saturated rings. The maximum absolute atomic E-state index is 13.3. The molecule has 136 valence electrons. The van der Waals surface area contributed by atoms with Crippen LogP contribution in [0.5, 0.6) is 5.75 Å². The molecule has 0 radical (unpaired) electrons. The van der Waals surface area contributed by atoms with Crippen LogP contribution in [0.1, 0.15) is 23.9 Å². The summed E-state index contributed by atoms with van der Waals surface area (Å²) in [5.41, 5.74) is 1.82. The zero-order valence-electron chi connectivity index (χ0n) is 13.8. The average molecular weight is 377 g/mol. The summed E-state index contributed by atoms with van der Waals surface area (Å²) in [7, 11) is 0. The Morgan fingerprint density at radius 2 is 2.08 bits per heavy atom. The first-order chi connectivity index (χ1) is 12.3. The van der Waals surface area contributed by atoms with Gasteiger partial charge in [0.25, 0.3) is 0 Å². The highest BCUT2D eigenvalue weighted by molar-refractivity contribution is 5.85. The maximum Gasteiger partial charge on any atom is 0.244 e. The van der Waals surface area contributed by atoms with E-state index in [1.165, 1.54) is 0 Å². The normalized spacial score (nSPS) is 19.1. The molecule has 0 spiro atoms. The average Bonchev–Trinajstić information content (AvgIpc) is 3.30. The number of aromatic nitrogens is 3. The van der Waals surface area contributed by atoms with Crippen molar-refractivity contribution in [3.05, 3.63) is 60.2 Å². The van der Waals surface area contributed by atoms with Crippen molar-refractivity contribution in [3.63, 3.8) is 0 Å². The molecule has 2 atom stereocenters. The van der Waals surface area contributed by atoms with Gasteiger partial charge in [-0.25, -0.2) is 4.39 Å². The van der Waals surface area contributed by atoms with Gasteiger partial charge in [0.1, 0.15) is 18.5 Å². The Hall–Kier alpha value is -2.51. The Balaban J connectivity index is 0.00000196. The molecular weight excluding hydrogens is 359 g/mol. The molecule has 0 aliphatic carbocycles. The summed E-state index contributed by atoms with van der Waals surface area (Å²) >= 11 is 0. The lowest BCUT2D eigenvalue weighted by Gasteiger charge is -2.06. The van der Waals surface area contributed by atoms with Gasteiger partial charge in [-0.3, -0.25) is 4.98 Å². The van der Waals surface area contributed by atoms with E-state index in [1.807, 2.05) is 36.4 Å². The lowest BCUT2D eigenvalue weighted by Crippen LogP contribution is -2.14. The molecule has 3 heterocycles. The molecule has 4 rings (SSSR count). The van der Waals surface area contributed by atoms with Crippen LogP contribution in [0.3, 0.4) is 0 Å². The van der Waals surface area contributed by atoms with E-state index in [1.54, 1.807) is 12.4 Å². The SMILES string of the molecule is Cl.F[C@@H]1CN[C@@H](c2nc(-c3ccc(OCc4cccnc4)cc3)no2)C1. The van der Waals surface area contributed by atoms with Crippen molar-refractivity contribution in [3.8, 4) is 17.1 Å². The Bertz CT molecular complexity index is 829. The number of pyridine rings is 1. The third-order valence-electron chi connectivity index (χ3n) is 4.06. The van der Waals surface area contributed by atoms with Crippen LogP contribution >= 0.6 is 12.4 Å². The van der Waals surface area contributed by atoms with Crippen molar-refractivity contribution >= 4 is 12.4 Å². The minimum atomic E-state index is -0.864.